The highest BCUT2D eigenvalue weighted by Crippen LogP contribution is 2.21. The lowest BCUT2D eigenvalue weighted by molar-refractivity contribution is 0.246. The average molecular weight is 478 g/mol. The predicted octanol–water partition coefficient (Wildman–Crippen LogP) is 3.83. The number of fused-ring (bicyclic) bond motifs is 1. The topological polar surface area (TPSA) is 106 Å². The fourth-order valence-electron chi connectivity index (χ4n) is 3.82. The van der Waals surface area contributed by atoms with Crippen molar-refractivity contribution < 1.29 is 13.2 Å². The number of carbonyl (C=O) groups is 1. The molecule has 34 heavy (non-hydrogen) atoms. The highest BCUT2D eigenvalue weighted by Gasteiger charge is 2.19. The van der Waals surface area contributed by atoms with Gasteiger partial charge < -0.3 is 5.32 Å². The van der Waals surface area contributed by atoms with Crippen molar-refractivity contribution in [3.63, 3.8) is 0 Å². The third kappa shape index (κ3) is 4.94. The van der Waals surface area contributed by atoms with Crippen molar-refractivity contribution in [2.45, 2.75) is 38.5 Å². The second-order valence-corrected chi connectivity index (χ2v) is 9.77. The van der Waals surface area contributed by atoms with E-state index in [1.165, 1.54) is 6.07 Å². The van der Waals surface area contributed by atoms with Crippen LogP contribution in [0.1, 0.15) is 29.4 Å². The summed E-state index contributed by atoms with van der Waals surface area (Å²) < 4.78 is 29.0. The highest BCUT2D eigenvalue weighted by atomic mass is 32.2. The second-order valence-electron chi connectivity index (χ2n) is 8.12. The molecule has 0 radical (unpaired) electrons. The smallest absolute Gasteiger partial charge is 0.328 e. The van der Waals surface area contributed by atoms with E-state index in [-0.39, 0.29) is 4.90 Å². The van der Waals surface area contributed by atoms with Crippen molar-refractivity contribution in [3.8, 4) is 5.69 Å². The molecule has 2 aromatic heterocycles. The van der Waals surface area contributed by atoms with Crippen molar-refractivity contribution in [1.82, 2.24) is 24.6 Å². The van der Waals surface area contributed by atoms with Gasteiger partial charge in [-0.05, 0) is 61.2 Å². The maximum atomic E-state index is 12.4. The van der Waals surface area contributed by atoms with Crippen LogP contribution in [0.3, 0.4) is 0 Å². The number of sulfonamides is 1. The van der Waals surface area contributed by atoms with Gasteiger partial charge >= 0.3 is 6.03 Å². The molecule has 0 unspecified atom stereocenters. The first-order valence-electron chi connectivity index (χ1n) is 11.1. The lowest BCUT2D eigenvalue weighted by Crippen LogP contribution is -2.40. The summed E-state index contributed by atoms with van der Waals surface area (Å²) in [6.07, 6.45) is 3.17. The summed E-state index contributed by atoms with van der Waals surface area (Å²) in [6.45, 7) is 6.04. The highest BCUT2D eigenvalue weighted by molar-refractivity contribution is 7.90. The molecule has 0 aliphatic carbocycles. The fraction of sp³-hybridized carbons (Fsp3) is 0.240. The molecule has 2 aromatic carbocycles. The normalized spacial score (nSPS) is 11.5. The van der Waals surface area contributed by atoms with Crippen LogP contribution in [0.5, 0.6) is 0 Å². The minimum Gasteiger partial charge on any atom is -0.337 e. The molecule has 0 atom stereocenters. The first kappa shape index (κ1) is 23.4. The number of hydrogen-bond donors (Lipinski definition) is 2. The van der Waals surface area contributed by atoms with E-state index in [1.807, 2.05) is 43.5 Å². The first-order chi connectivity index (χ1) is 16.3. The number of pyridine rings is 1. The summed E-state index contributed by atoms with van der Waals surface area (Å²) in [5.41, 5.74) is 5.32. The lowest BCUT2D eigenvalue weighted by atomic mass is 10.1. The molecule has 0 aliphatic heterocycles. The van der Waals surface area contributed by atoms with Crippen LogP contribution in [0.4, 0.5) is 4.79 Å². The van der Waals surface area contributed by atoms with Crippen molar-refractivity contribution in [3.05, 3.63) is 83.3 Å². The standard InChI is InChI=1S/C25H27N5O3S/c1-4-23-28-21-15-17(2)16-27-24(21)30(23)20-11-9-19(10-12-20)13-14-26-25(31)29-34(32,33)22-8-6-5-7-18(22)3/h5-12,15-16H,4,13-14H2,1-3H3,(H2,26,29,31). The van der Waals surface area contributed by atoms with Gasteiger partial charge in [-0.15, -0.1) is 0 Å². The van der Waals surface area contributed by atoms with Crippen LogP contribution in [0, 0.1) is 13.8 Å². The molecule has 0 fully saturated rings. The van der Waals surface area contributed by atoms with Crippen molar-refractivity contribution in [2.75, 3.05) is 6.54 Å². The summed E-state index contributed by atoms with van der Waals surface area (Å²) in [5, 5.41) is 2.61. The Kier molecular flexibility index (Phi) is 6.65. The Labute approximate surface area is 199 Å². The van der Waals surface area contributed by atoms with Gasteiger partial charge in [-0.2, -0.15) is 0 Å². The van der Waals surface area contributed by atoms with Crippen LogP contribution in [0.2, 0.25) is 0 Å². The lowest BCUT2D eigenvalue weighted by Gasteiger charge is -2.11. The van der Waals surface area contributed by atoms with Gasteiger partial charge in [-0.25, -0.2) is 27.9 Å². The van der Waals surface area contributed by atoms with Gasteiger partial charge in [0.25, 0.3) is 10.0 Å². The summed E-state index contributed by atoms with van der Waals surface area (Å²) in [6, 6.07) is 15.8. The summed E-state index contributed by atoms with van der Waals surface area (Å²) in [7, 11) is -3.92. The van der Waals surface area contributed by atoms with Crippen molar-refractivity contribution >= 4 is 27.2 Å². The molecular formula is C25H27N5O3S. The number of rotatable bonds is 7. The van der Waals surface area contributed by atoms with Crippen LogP contribution >= 0.6 is 0 Å². The molecule has 4 rings (SSSR count). The van der Waals surface area contributed by atoms with Crippen LogP contribution in [0.25, 0.3) is 16.9 Å². The van der Waals surface area contributed by atoms with Gasteiger partial charge in [-0.1, -0.05) is 37.3 Å². The monoisotopic (exact) mass is 477 g/mol. The number of urea groups is 1. The molecule has 0 bridgehead atoms. The Morgan fingerprint density at radius 1 is 1.06 bits per heavy atom. The molecule has 4 aromatic rings. The molecule has 2 N–H and O–H groups in total. The quantitative estimate of drug-likeness (QED) is 0.421. The van der Waals surface area contributed by atoms with Crippen LogP contribution in [-0.4, -0.2) is 35.5 Å². The minimum atomic E-state index is -3.92. The molecule has 2 amide bonds. The summed E-state index contributed by atoms with van der Waals surface area (Å²) in [4.78, 5) is 21.5. The summed E-state index contributed by atoms with van der Waals surface area (Å²) >= 11 is 0. The van der Waals surface area contributed by atoms with E-state index in [2.05, 4.69) is 26.5 Å². The van der Waals surface area contributed by atoms with E-state index in [0.717, 1.165) is 40.2 Å². The third-order valence-electron chi connectivity index (χ3n) is 5.52. The van der Waals surface area contributed by atoms with E-state index in [4.69, 9.17) is 4.98 Å². The zero-order valence-corrected chi connectivity index (χ0v) is 20.2. The Balaban J connectivity index is 1.39. The average Bonchev–Trinajstić information content (AvgIpc) is 3.17. The van der Waals surface area contributed by atoms with Gasteiger partial charge in [0.1, 0.15) is 11.3 Å². The molecule has 8 nitrogen and oxygen atoms in total. The van der Waals surface area contributed by atoms with E-state index >= 15 is 0 Å². The molecule has 2 heterocycles. The van der Waals surface area contributed by atoms with Crippen molar-refractivity contribution in [1.29, 1.82) is 0 Å². The van der Waals surface area contributed by atoms with Crippen LogP contribution in [0.15, 0.2) is 65.7 Å². The molecule has 0 saturated heterocycles. The molecule has 9 heteroatoms. The molecular weight excluding hydrogens is 450 g/mol. The SMILES string of the molecule is CCc1nc2cc(C)cnc2n1-c1ccc(CCNC(=O)NS(=O)(=O)c2ccccc2C)cc1. The van der Waals surface area contributed by atoms with E-state index in [9.17, 15) is 13.2 Å². The van der Waals surface area contributed by atoms with Crippen LogP contribution in [-0.2, 0) is 22.9 Å². The third-order valence-corrected chi connectivity index (χ3v) is 7.01. The number of hydrogen-bond acceptors (Lipinski definition) is 5. The van der Waals surface area contributed by atoms with Gasteiger partial charge in [0.15, 0.2) is 5.65 Å². The van der Waals surface area contributed by atoms with Gasteiger partial charge in [0, 0.05) is 24.8 Å². The zero-order valence-electron chi connectivity index (χ0n) is 19.4. The van der Waals surface area contributed by atoms with Gasteiger partial charge in [0.2, 0.25) is 0 Å². The minimum absolute atomic E-state index is 0.0869. The second kappa shape index (κ2) is 9.64. The Morgan fingerprint density at radius 2 is 1.79 bits per heavy atom. The van der Waals surface area contributed by atoms with Gasteiger partial charge in [0.05, 0.1) is 4.90 Å². The van der Waals surface area contributed by atoms with Crippen molar-refractivity contribution in [2.24, 2.45) is 0 Å². The van der Waals surface area contributed by atoms with Gasteiger partial charge in [-0.3, -0.25) is 4.57 Å². The number of nitrogens with one attached hydrogen (secondary N) is 2. The number of imidazole rings is 1. The van der Waals surface area contributed by atoms with E-state index < -0.39 is 16.1 Å². The van der Waals surface area contributed by atoms with E-state index in [0.29, 0.717) is 18.5 Å². The van der Waals surface area contributed by atoms with E-state index in [1.54, 1.807) is 25.1 Å². The predicted molar refractivity (Wildman–Crippen MR) is 132 cm³/mol. The number of aromatic nitrogens is 3. The molecule has 0 spiro atoms. The fourth-order valence-corrected chi connectivity index (χ4v) is 5.00. The number of benzene rings is 2. The number of carbonyl (C=O) groups excluding carboxylic acids is 1. The zero-order chi connectivity index (χ0) is 24.3. The molecule has 0 saturated carbocycles. The Hall–Kier alpha value is -3.72. The number of nitrogens with zero attached hydrogens (tertiary/aromatic N) is 3. The largest absolute Gasteiger partial charge is 0.337 e. The number of aryl methyl sites for hydroxylation is 3. The Bertz CT molecular complexity index is 1440. The Morgan fingerprint density at radius 3 is 2.50 bits per heavy atom. The molecule has 176 valence electrons. The summed E-state index contributed by atoms with van der Waals surface area (Å²) in [5.74, 6) is 0.939. The molecule has 0 aliphatic rings. The maximum Gasteiger partial charge on any atom is 0.328 e. The maximum absolute atomic E-state index is 12.4. The number of amides is 2. The van der Waals surface area contributed by atoms with Crippen LogP contribution < -0.4 is 10.0 Å². The first-order valence-corrected chi connectivity index (χ1v) is 12.6.